The number of halogens is 9. The molecule has 4 heterocycles. The number of aromatic hydroxyl groups is 2. The lowest BCUT2D eigenvalue weighted by Crippen LogP contribution is -2.30. The molecular formula is C90H88BBr8ClN11O15. The Morgan fingerprint density at radius 3 is 1.07 bits per heavy atom. The van der Waals surface area contributed by atoms with Crippen LogP contribution in [0.15, 0.2) is 248 Å². The summed E-state index contributed by atoms with van der Waals surface area (Å²) in [4.78, 5) is 65.7. The van der Waals surface area contributed by atoms with Crippen LogP contribution in [0.1, 0.15) is 130 Å². The van der Waals surface area contributed by atoms with Crippen molar-refractivity contribution in [2.45, 2.75) is 95.1 Å². The van der Waals surface area contributed by atoms with E-state index < -0.39 is 5.91 Å². The van der Waals surface area contributed by atoms with Crippen molar-refractivity contribution in [2.75, 3.05) is 27.9 Å². The molecule has 5 N–H and O–H groups in total. The number of aryl methyl sites for hydroxylation is 3. The lowest BCUT2D eigenvalue weighted by Gasteiger charge is -2.19. The van der Waals surface area contributed by atoms with Gasteiger partial charge in [0.2, 0.25) is 34.9 Å². The Kier molecular flexibility index (Phi) is 42.8. The van der Waals surface area contributed by atoms with E-state index in [4.69, 9.17) is 59.1 Å². The summed E-state index contributed by atoms with van der Waals surface area (Å²) < 4.78 is 52.1. The molecule has 126 heavy (non-hydrogen) atoms. The van der Waals surface area contributed by atoms with Gasteiger partial charge in [0.05, 0.1) is 57.1 Å². The topological polar surface area (TPSA) is 352 Å². The lowest BCUT2D eigenvalue weighted by molar-refractivity contribution is 0.0701. The third kappa shape index (κ3) is 30.8. The van der Waals surface area contributed by atoms with Gasteiger partial charge in [0.25, 0.3) is 11.8 Å². The van der Waals surface area contributed by atoms with Crippen LogP contribution in [0.4, 0.5) is 0 Å². The van der Waals surface area contributed by atoms with E-state index in [9.17, 15) is 29.4 Å². The van der Waals surface area contributed by atoms with Crippen LogP contribution in [0.25, 0.3) is 45.6 Å². The molecule has 2 amide bonds. The number of benzene rings is 10. The Morgan fingerprint density at radius 1 is 0.437 bits per heavy atom. The number of rotatable bonds is 24. The number of nitrogens with zero attached hydrogens (tertiary/aromatic N) is 9. The van der Waals surface area contributed by atoms with E-state index >= 15 is 0 Å². The van der Waals surface area contributed by atoms with Crippen LogP contribution in [0.3, 0.4) is 0 Å². The number of hydrogen-bond donors (Lipinski definition) is 4. The summed E-state index contributed by atoms with van der Waals surface area (Å²) in [6, 6.07) is 61.0. The maximum atomic E-state index is 12.8. The van der Waals surface area contributed by atoms with E-state index in [1.165, 1.54) is 25.0 Å². The van der Waals surface area contributed by atoms with Crippen molar-refractivity contribution in [3.05, 3.63) is 304 Å². The highest BCUT2D eigenvalue weighted by Crippen LogP contribution is 2.42. The van der Waals surface area contributed by atoms with Gasteiger partial charge in [-0.15, -0.1) is 11.6 Å². The molecule has 659 valence electrons. The summed E-state index contributed by atoms with van der Waals surface area (Å²) >= 11 is 32.6. The van der Waals surface area contributed by atoms with E-state index in [1.807, 2.05) is 178 Å². The van der Waals surface area contributed by atoms with Gasteiger partial charge in [0.1, 0.15) is 53.5 Å². The average Bonchev–Trinajstić information content (AvgIpc) is 1.67. The van der Waals surface area contributed by atoms with Crippen molar-refractivity contribution < 1.29 is 72.6 Å². The van der Waals surface area contributed by atoms with Gasteiger partial charge in [-0.05, 0) is 273 Å². The van der Waals surface area contributed by atoms with Crippen molar-refractivity contribution in [3.8, 4) is 85.8 Å². The Labute approximate surface area is 804 Å². The second-order valence-electron chi connectivity index (χ2n) is 26.3. The lowest BCUT2D eigenvalue weighted by atomic mass is 10.1. The van der Waals surface area contributed by atoms with E-state index in [0.29, 0.717) is 118 Å². The number of aromatic nitrogens is 8. The minimum absolute atomic E-state index is 0. The molecule has 0 saturated heterocycles. The largest absolute Gasteiger partial charge is 0.506 e. The van der Waals surface area contributed by atoms with Gasteiger partial charge in [-0.2, -0.15) is 19.9 Å². The zero-order valence-corrected chi connectivity index (χ0v) is 81.2. The van der Waals surface area contributed by atoms with Crippen molar-refractivity contribution >= 4 is 171 Å². The zero-order chi connectivity index (χ0) is 89.0. The molecule has 0 aliphatic heterocycles. The first-order chi connectivity index (χ1) is 59.0. The molecule has 14 rings (SSSR count). The summed E-state index contributed by atoms with van der Waals surface area (Å²) in [5.74, 6) is 4.10. The number of carbonyl (C=O) groups is 4. The van der Waals surface area contributed by atoms with Gasteiger partial charge in [-0.1, -0.05) is 161 Å². The highest BCUT2D eigenvalue weighted by molar-refractivity contribution is 9.12. The molecule has 10 aromatic carbocycles. The van der Waals surface area contributed by atoms with E-state index in [-0.39, 0.29) is 88.9 Å². The van der Waals surface area contributed by atoms with Gasteiger partial charge >= 0.3 is 23.6 Å². The SMILES string of the molecule is C.C.CC(=O)c1nc(-c2cc(Br)c(O)c(Br)c2)no1.CCN(Cc1cccc(C)c1)C(=O)c1nc(-c2cc(Br)c(O)c(Br)c2)no1.COc1ccc(CCl)cc1.COc1ccc(COc2c(Br)cc(-c3noc(C(=O)NCc4cccc(C)c4)n3)cc2Br)cc1.COc1ccc(COc2c(Br)cc(-c3noc(C(C)=O)n3)cc2Br)cc1.Cc1cccc(CN)c1.[2HH].[B]. The van der Waals surface area contributed by atoms with Crippen LogP contribution >= 0.6 is 139 Å². The molecule has 0 bridgehead atoms. The highest BCUT2D eigenvalue weighted by Gasteiger charge is 2.25. The van der Waals surface area contributed by atoms with Gasteiger partial charge in [0, 0.05) is 78.0 Å². The van der Waals surface area contributed by atoms with Crippen LogP contribution < -0.4 is 34.7 Å². The zero-order valence-electron chi connectivity index (χ0n) is 67.7. The van der Waals surface area contributed by atoms with Crippen molar-refractivity contribution in [2.24, 2.45) is 5.73 Å². The molecule has 36 heteroatoms. The molecule has 0 unspecified atom stereocenters. The molecule has 26 nitrogen and oxygen atoms in total. The molecule has 4 aromatic heterocycles. The first-order valence-corrected chi connectivity index (χ1v) is 43.7. The Balaban J connectivity index is 0.000000282. The third-order valence-electron chi connectivity index (χ3n) is 17.1. The van der Waals surface area contributed by atoms with E-state index in [1.54, 1.807) is 50.5 Å². The van der Waals surface area contributed by atoms with Crippen LogP contribution in [0, 0.1) is 20.8 Å². The fraction of sp³-hybridized carbons (Fsp3) is 0.200. The number of carbonyl (C=O) groups excluding carboxylic acids is 4. The molecule has 0 saturated carbocycles. The number of methoxy groups -OCH3 is 3. The number of hydrogen-bond acceptors (Lipinski definition) is 24. The van der Waals surface area contributed by atoms with E-state index in [0.717, 1.165) is 65.1 Å². The molecule has 0 atom stereocenters. The minimum atomic E-state index is -0.433. The number of amides is 2. The quantitative estimate of drug-likeness (QED) is 0.0248. The summed E-state index contributed by atoms with van der Waals surface area (Å²) in [5, 5.41) is 37.5. The predicted molar refractivity (Wildman–Crippen MR) is 515 cm³/mol. The summed E-state index contributed by atoms with van der Waals surface area (Å²) in [5.41, 5.74) is 17.9. The standard InChI is InChI=1S/C25H21Br2N3O4.C19H17Br2N3O3.C18H14Br2N2O4.C10H6Br2N2O3.C8H9ClO.C8H11N.2CH4.B.H2/c1-15-4-3-5-17(10-15)13-28-24(31)25-29-23(30-34-25)18-11-20(26)22(21(27)12-18)33-14-16-6-8-19(32-2)9-7-16;1-3-24(10-12-6-4-5-11(2)7-12)19(26)18-22-17(23-27-18)13-8-14(20)16(25)15(21)9-13;1-10(23)18-21-17(22-26-18)12-7-14(19)16(15(20)8-12)25-9-11-3-5-13(24-2)6-4-11;1-4(15)10-13-9(14-17-10)5-2-6(11)8(16)7(12)3-5;1-10-8-4-2-7(6-9)3-5-8;1-7-3-2-4-8(5-7)6-9;;;;/h3-12H,13-14H2,1-2H3,(H,28,31);4-9,25H,3,10H2,1-2H3;3-8H,9H2,1-2H3;2-3,16H,1H3;2-5H,6H2,1H3;2-5H,6,9H2,1H3;2*1H4;;1H/i;;;;;;;;;1+1. The number of alkyl halides is 1. The monoisotopic (exact) mass is 2240 g/mol. The fourth-order valence-corrected chi connectivity index (χ4v) is 16.1. The van der Waals surface area contributed by atoms with E-state index in [2.05, 4.69) is 192 Å². The Hall–Kier alpha value is -10.2. The number of ether oxygens (including phenoxy) is 5. The number of phenols is 2. The van der Waals surface area contributed by atoms with Crippen LogP contribution in [-0.4, -0.2) is 115 Å². The highest BCUT2D eigenvalue weighted by atomic mass is 79.9. The second-order valence-corrected chi connectivity index (χ2v) is 33.5. The van der Waals surface area contributed by atoms with Crippen LogP contribution in [-0.2, 0) is 38.7 Å². The fourth-order valence-electron chi connectivity index (χ4n) is 10.8. The average molecular weight is 2250 g/mol. The maximum Gasteiger partial charge on any atom is 0.316 e. The smallest absolute Gasteiger partial charge is 0.316 e. The Morgan fingerprint density at radius 2 is 0.746 bits per heavy atom. The minimum Gasteiger partial charge on any atom is -0.506 e. The summed E-state index contributed by atoms with van der Waals surface area (Å²) in [6.45, 7) is 13.5. The molecule has 0 spiro atoms. The molecular weight excluding hydrogens is 2160 g/mol. The first-order valence-electron chi connectivity index (χ1n) is 36.8. The van der Waals surface area contributed by atoms with Gasteiger partial charge in [-0.3, -0.25) is 19.2 Å². The number of nitrogens with two attached hydrogens (primary N) is 1. The second kappa shape index (κ2) is 51.6. The maximum absolute atomic E-state index is 12.8. The van der Waals surface area contributed by atoms with Crippen LogP contribution in [0.5, 0.6) is 40.2 Å². The molecule has 0 aliphatic carbocycles. The molecule has 0 aliphatic rings. The number of Topliss-reactive ketones (excluding diaryl/α,β-unsaturated/α-hetero) is 2. The van der Waals surface area contributed by atoms with Gasteiger partial charge in [0.15, 0.2) is 0 Å². The number of nitrogens with one attached hydrogen (secondary N) is 1. The third-order valence-corrected chi connectivity index (χ3v) is 22.2. The predicted octanol–water partition coefficient (Wildman–Crippen LogP) is 24.3. The van der Waals surface area contributed by atoms with Crippen molar-refractivity contribution in [1.29, 1.82) is 0 Å². The molecule has 0 fully saturated rings. The molecule has 14 aromatic rings. The number of ketones is 2. The van der Waals surface area contributed by atoms with Crippen molar-refractivity contribution in [1.82, 2.24) is 50.8 Å². The summed E-state index contributed by atoms with van der Waals surface area (Å²) in [7, 11) is 4.91. The first kappa shape index (κ1) is 105. The van der Waals surface area contributed by atoms with Crippen molar-refractivity contribution in [3.63, 3.8) is 0 Å². The Bertz CT molecular complexity index is 5840. The van der Waals surface area contributed by atoms with Crippen LogP contribution in [0.2, 0.25) is 0 Å². The molecule has 3 radical (unpaired) electrons. The number of phenolic OH excluding ortho intramolecular Hbond substituents is 2. The van der Waals surface area contributed by atoms with Gasteiger partial charge in [-0.25, -0.2) is 0 Å². The normalized spacial score (nSPS) is 10.2. The van der Waals surface area contributed by atoms with Gasteiger partial charge < -0.3 is 67.9 Å². The summed E-state index contributed by atoms with van der Waals surface area (Å²) in [6.07, 6.45) is 0.